The highest BCUT2D eigenvalue weighted by atomic mass is 19.4. The third-order valence-electron chi connectivity index (χ3n) is 8.52. The maximum Gasteiger partial charge on any atom is 0.411 e. The van der Waals surface area contributed by atoms with Crippen molar-refractivity contribution in [2.24, 2.45) is 23.7 Å². The molecule has 0 spiro atoms. The van der Waals surface area contributed by atoms with Gasteiger partial charge in [-0.1, -0.05) is 0 Å². The lowest BCUT2D eigenvalue weighted by atomic mass is 9.52. The summed E-state index contributed by atoms with van der Waals surface area (Å²) in [5.74, 6) is 1.94. The van der Waals surface area contributed by atoms with Gasteiger partial charge in [0.15, 0.2) is 0 Å². The van der Waals surface area contributed by atoms with Gasteiger partial charge in [-0.3, -0.25) is 0 Å². The largest absolute Gasteiger partial charge is 0.411 e. The molecule has 0 aromatic carbocycles. The molecule has 166 valence electrons. The Labute approximate surface area is 169 Å². The van der Waals surface area contributed by atoms with Crippen LogP contribution in [0.25, 0.3) is 0 Å². The maximum atomic E-state index is 12.2. The second-order valence-electron chi connectivity index (χ2n) is 11.7. The summed E-state index contributed by atoms with van der Waals surface area (Å²) in [5, 5.41) is 30.6. The van der Waals surface area contributed by atoms with Gasteiger partial charge in [-0.25, -0.2) is 0 Å². The molecule has 8 rings (SSSR count). The molecular formula is C22H33F3O4. The predicted octanol–water partition coefficient (Wildman–Crippen LogP) is 3.71. The fourth-order valence-electron chi connectivity index (χ4n) is 8.70. The molecule has 8 aliphatic rings. The second kappa shape index (κ2) is 6.33. The van der Waals surface area contributed by atoms with Gasteiger partial charge in [0, 0.05) is 12.8 Å². The van der Waals surface area contributed by atoms with E-state index in [1.165, 1.54) is 6.42 Å². The minimum atomic E-state index is -4.27. The molecule has 8 saturated carbocycles. The van der Waals surface area contributed by atoms with Gasteiger partial charge in [-0.05, 0) is 87.9 Å². The van der Waals surface area contributed by atoms with Gasteiger partial charge < -0.3 is 20.1 Å². The summed E-state index contributed by atoms with van der Waals surface area (Å²) < 4.78 is 41.9. The third-order valence-corrected chi connectivity index (χ3v) is 8.52. The first-order valence-electron chi connectivity index (χ1n) is 11.2. The van der Waals surface area contributed by atoms with Crippen LogP contribution >= 0.6 is 0 Å². The van der Waals surface area contributed by atoms with E-state index >= 15 is 0 Å². The fourth-order valence-corrected chi connectivity index (χ4v) is 8.70. The molecule has 8 fully saturated rings. The van der Waals surface area contributed by atoms with E-state index in [0.717, 1.165) is 44.9 Å². The van der Waals surface area contributed by atoms with Crippen molar-refractivity contribution in [1.82, 2.24) is 0 Å². The molecule has 8 bridgehead atoms. The standard InChI is InChI=1S/C12H17F3O2.C10H16O2/c13-12(14,15)7-17-11-4-8-1-9(5-11)3-10(16,2-8)6-11;11-9-2-7-1-8(4-9)5-10(12,3-7)6-9/h8-9,16H,1-7H2;7-8,11-12H,1-6H2. The molecular weight excluding hydrogens is 385 g/mol. The van der Waals surface area contributed by atoms with Crippen molar-refractivity contribution in [3.8, 4) is 0 Å². The van der Waals surface area contributed by atoms with Crippen LogP contribution in [0.2, 0.25) is 0 Å². The van der Waals surface area contributed by atoms with E-state index < -0.39 is 35.2 Å². The van der Waals surface area contributed by atoms with Crippen LogP contribution in [0.5, 0.6) is 0 Å². The fraction of sp³-hybridized carbons (Fsp3) is 1.00. The first-order valence-corrected chi connectivity index (χ1v) is 11.2. The van der Waals surface area contributed by atoms with Crippen LogP contribution in [-0.4, -0.2) is 50.5 Å². The summed E-state index contributed by atoms with van der Waals surface area (Å²) in [6.07, 6.45) is 5.77. The van der Waals surface area contributed by atoms with Crippen molar-refractivity contribution in [1.29, 1.82) is 0 Å². The van der Waals surface area contributed by atoms with Crippen LogP contribution in [0.3, 0.4) is 0 Å². The number of rotatable bonds is 2. The summed E-state index contributed by atoms with van der Waals surface area (Å²) in [6, 6.07) is 0. The Balaban J connectivity index is 0.000000132. The molecule has 0 saturated heterocycles. The molecule has 7 heteroatoms. The van der Waals surface area contributed by atoms with Crippen molar-refractivity contribution in [2.45, 2.75) is 106 Å². The van der Waals surface area contributed by atoms with Crippen LogP contribution in [0.1, 0.15) is 77.0 Å². The summed E-state index contributed by atoms with van der Waals surface area (Å²) in [7, 11) is 0. The molecule has 8 aliphatic carbocycles. The minimum absolute atomic E-state index is 0.356. The molecule has 0 aromatic rings. The lowest BCUT2D eigenvalue weighted by Gasteiger charge is -2.59. The smallest absolute Gasteiger partial charge is 0.390 e. The Kier molecular flexibility index (Phi) is 4.48. The molecule has 0 amide bonds. The lowest BCUT2D eigenvalue weighted by Crippen LogP contribution is -2.60. The molecule has 0 aromatic heterocycles. The molecule has 4 nitrogen and oxygen atoms in total. The summed E-state index contributed by atoms with van der Waals surface area (Å²) in [5.41, 5.74) is -2.43. The van der Waals surface area contributed by atoms with Gasteiger partial charge in [0.05, 0.1) is 22.4 Å². The quantitative estimate of drug-likeness (QED) is 0.639. The Bertz CT molecular complexity index is 615. The predicted molar refractivity (Wildman–Crippen MR) is 99.0 cm³/mol. The van der Waals surface area contributed by atoms with E-state index in [1.54, 1.807) is 0 Å². The topological polar surface area (TPSA) is 69.9 Å². The monoisotopic (exact) mass is 418 g/mol. The average Bonchev–Trinajstić information content (AvgIpc) is 2.47. The summed E-state index contributed by atoms with van der Waals surface area (Å²) in [4.78, 5) is 0. The lowest BCUT2D eigenvalue weighted by molar-refractivity contribution is -0.261. The Morgan fingerprint density at radius 3 is 1.38 bits per heavy atom. The zero-order valence-corrected chi connectivity index (χ0v) is 16.9. The SMILES string of the molecule is OC12CC3CC(C1)CC(O)(C3)C2.OC12CC3CC(C1)CC(OCC(F)(F)F)(C3)C2. The van der Waals surface area contributed by atoms with E-state index in [2.05, 4.69) is 0 Å². The van der Waals surface area contributed by atoms with Gasteiger partial charge in [0.2, 0.25) is 0 Å². The number of hydrogen-bond acceptors (Lipinski definition) is 4. The summed E-state index contributed by atoms with van der Waals surface area (Å²) >= 11 is 0. The number of alkyl halides is 3. The molecule has 2 unspecified atom stereocenters. The zero-order chi connectivity index (χ0) is 20.7. The van der Waals surface area contributed by atoms with Crippen molar-refractivity contribution < 1.29 is 33.2 Å². The number of aliphatic hydroxyl groups is 3. The average molecular weight is 418 g/mol. The van der Waals surface area contributed by atoms with E-state index in [1.807, 2.05) is 0 Å². The van der Waals surface area contributed by atoms with Crippen molar-refractivity contribution in [3.63, 3.8) is 0 Å². The number of hydrogen-bond donors (Lipinski definition) is 3. The highest BCUT2D eigenvalue weighted by Crippen LogP contribution is 2.59. The van der Waals surface area contributed by atoms with Gasteiger partial charge in [0.1, 0.15) is 6.61 Å². The van der Waals surface area contributed by atoms with Crippen LogP contribution < -0.4 is 0 Å². The number of ether oxygens (including phenoxy) is 1. The van der Waals surface area contributed by atoms with Crippen molar-refractivity contribution in [3.05, 3.63) is 0 Å². The van der Waals surface area contributed by atoms with E-state index in [9.17, 15) is 28.5 Å². The minimum Gasteiger partial charge on any atom is -0.390 e. The van der Waals surface area contributed by atoms with E-state index in [0.29, 0.717) is 49.4 Å². The highest BCUT2D eigenvalue weighted by molar-refractivity contribution is 5.10. The molecule has 0 radical (unpaired) electrons. The van der Waals surface area contributed by atoms with Crippen LogP contribution in [0.4, 0.5) is 13.2 Å². The third kappa shape index (κ3) is 4.09. The first kappa shape index (κ1) is 20.5. The molecule has 0 heterocycles. The second-order valence-corrected chi connectivity index (χ2v) is 11.7. The van der Waals surface area contributed by atoms with Crippen LogP contribution in [-0.2, 0) is 4.74 Å². The summed E-state index contributed by atoms with van der Waals surface area (Å²) in [6.45, 7) is -1.18. The van der Waals surface area contributed by atoms with Crippen LogP contribution in [0.15, 0.2) is 0 Å². The first-order chi connectivity index (χ1) is 13.3. The van der Waals surface area contributed by atoms with E-state index in [-0.39, 0.29) is 0 Å². The van der Waals surface area contributed by atoms with Gasteiger partial charge in [0.25, 0.3) is 0 Å². The van der Waals surface area contributed by atoms with Crippen molar-refractivity contribution in [2.75, 3.05) is 6.61 Å². The Hall–Kier alpha value is -0.370. The molecule has 2 atom stereocenters. The Morgan fingerprint density at radius 1 is 0.655 bits per heavy atom. The van der Waals surface area contributed by atoms with Crippen LogP contribution in [0, 0.1) is 23.7 Å². The van der Waals surface area contributed by atoms with Gasteiger partial charge in [-0.15, -0.1) is 0 Å². The Morgan fingerprint density at radius 2 is 1.03 bits per heavy atom. The van der Waals surface area contributed by atoms with E-state index in [4.69, 9.17) is 4.74 Å². The van der Waals surface area contributed by atoms with Gasteiger partial charge >= 0.3 is 6.18 Å². The molecule has 3 N–H and O–H groups in total. The molecule has 29 heavy (non-hydrogen) atoms. The zero-order valence-electron chi connectivity index (χ0n) is 16.9. The van der Waals surface area contributed by atoms with Gasteiger partial charge in [-0.2, -0.15) is 13.2 Å². The highest BCUT2D eigenvalue weighted by Gasteiger charge is 2.59. The molecule has 0 aliphatic heterocycles. The maximum absolute atomic E-state index is 12.2. The number of halogens is 3. The van der Waals surface area contributed by atoms with Crippen molar-refractivity contribution >= 4 is 0 Å². The normalized spacial score (nSPS) is 54.4.